The number of furan rings is 1. The molecule has 0 aromatic carbocycles. The van der Waals surface area contributed by atoms with Gasteiger partial charge in [0.2, 0.25) is 5.11 Å². The van der Waals surface area contributed by atoms with Gasteiger partial charge >= 0.3 is 0 Å². The lowest BCUT2D eigenvalue weighted by atomic mass is 10.3. The molecule has 1 aromatic rings. The van der Waals surface area contributed by atoms with Gasteiger partial charge in [-0.05, 0) is 50.4 Å². The first-order chi connectivity index (χ1) is 10.5. The Morgan fingerprint density at radius 3 is 2.27 bits per heavy atom. The van der Waals surface area contributed by atoms with Gasteiger partial charge in [-0.25, -0.2) is 0 Å². The summed E-state index contributed by atoms with van der Waals surface area (Å²) >= 11 is 9.93. The minimum absolute atomic E-state index is 0.244. The molecular formula is C12H17N7OS2. The summed E-state index contributed by atoms with van der Waals surface area (Å²) in [6.07, 6.45) is 3.06. The summed E-state index contributed by atoms with van der Waals surface area (Å²) < 4.78 is 5.08. The number of hydrazone groups is 3. The van der Waals surface area contributed by atoms with Gasteiger partial charge in [0.1, 0.15) is 5.76 Å². The predicted octanol–water partition coefficient (Wildman–Crippen LogP) is 0.923. The van der Waals surface area contributed by atoms with E-state index in [2.05, 4.69) is 36.9 Å². The number of hydrogen-bond donors (Lipinski definition) is 4. The van der Waals surface area contributed by atoms with E-state index >= 15 is 0 Å². The molecule has 118 valence electrons. The monoisotopic (exact) mass is 339 g/mol. The van der Waals surface area contributed by atoms with Crippen LogP contribution >= 0.6 is 24.4 Å². The van der Waals surface area contributed by atoms with Gasteiger partial charge in [-0.3, -0.25) is 16.3 Å². The number of nitrogens with one attached hydrogen (secondary N) is 4. The molecule has 0 spiro atoms. The lowest BCUT2D eigenvalue weighted by Gasteiger charge is -2.05. The molecule has 4 N–H and O–H groups in total. The van der Waals surface area contributed by atoms with E-state index in [-0.39, 0.29) is 5.11 Å². The SMILES string of the molecule is CNC(=S)NN=C(C)C(C)=NNC(=S)N/N=C/c1ccco1. The van der Waals surface area contributed by atoms with Crippen LogP contribution in [0.5, 0.6) is 0 Å². The van der Waals surface area contributed by atoms with Crippen molar-refractivity contribution in [3.63, 3.8) is 0 Å². The Morgan fingerprint density at radius 2 is 1.73 bits per heavy atom. The summed E-state index contributed by atoms with van der Waals surface area (Å²) in [6.45, 7) is 3.57. The van der Waals surface area contributed by atoms with Gasteiger partial charge in [0, 0.05) is 7.05 Å². The Labute approximate surface area is 139 Å². The van der Waals surface area contributed by atoms with Crippen LogP contribution in [0.2, 0.25) is 0 Å². The second-order valence-electron chi connectivity index (χ2n) is 3.91. The molecule has 0 aliphatic carbocycles. The van der Waals surface area contributed by atoms with E-state index < -0.39 is 0 Å². The smallest absolute Gasteiger partial charge is 0.207 e. The maximum absolute atomic E-state index is 5.08. The van der Waals surface area contributed by atoms with Crippen LogP contribution in [0, 0.1) is 0 Å². The molecule has 10 heteroatoms. The molecule has 0 saturated heterocycles. The lowest BCUT2D eigenvalue weighted by Crippen LogP contribution is -2.31. The molecule has 1 aromatic heterocycles. The third-order valence-corrected chi connectivity index (χ3v) is 2.78. The summed E-state index contributed by atoms with van der Waals surface area (Å²) in [5.74, 6) is 0.615. The topological polar surface area (TPSA) is 98.3 Å². The molecule has 0 amide bonds. The predicted molar refractivity (Wildman–Crippen MR) is 96.2 cm³/mol. The van der Waals surface area contributed by atoms with Crippen molar-refractivity contribution in [3.05, 3.63) is 24.2 Å². The van der Waals surface area contributed by atoms with Crippen molar-refractivity contribution in [2.45, 2.75) is 13.8 Å². The summed E-state index contributed by atoms with van der Waals surface area (Å²) in [5.41, 5.74) is 9.23. The van der Waals surface area contributed by atoms with Gasteiger partial charge in [0.15, 0.2) is 5.11 Å². The Bertz CT molecular complexity index is 593. The maximum Gasteiger partial charge on any atom is 0.207 e. The molecule has 0 aliphatic heterocycles. The molecule has 1 rings (SSSR count). The third-order valence-electron chi connectivity index (χ3n) is 2.30. The van der Waals surface area contributed by atoms with Crippen molar-refractivity contribution < 1.29 is 4.42 Å². The number of hydrogen-bond acceptors (Lipinski definition) is 6. The first kappa shape index (κ1) is 17.7. The molecule has 0 aliphatic rings. The average Bonchev–Trinajstić information content (AvgIpc) is 3.03. The fraction of sp³-hybridized carbons (Fsp3) is 0.250. The van der Waals surface area contributed by atoms with E-state index in [1.165, 1.54) is 6.21 Å². The Balaban J connectivity index is 2.41. The minimum Gasteiger partial charge on any atom is -0.463 e. The zero-order valence-electron chi connectivity index (χ0n) is 12.4. The number of thiocarbonyl (C=S) groups is 2. The standard InChI is InChI=1S/C12H17N7OS2/c1-8(15-18-11(21)13-3)9(2)16-19-12(22)17-14-7-10-5-4-6-20-10/h4-7H,1-3H3,(H2,13,18,21)(H2,17,19,22)/b14-7+,15-8?,16-9?. The fourth-order valence-electron chi connectivity index (χ4n) is 1.03. The molecular weight excluding hydrogens is 322 g/mol. The van der Waals surface area contributed by atoms with Gasteiger partial charge in [0.05, 0.1) is 23.9 Å². The Kier molecular flexibility index (Phi) is 7.72. The van der Waals surface area contributed by atoms with Crippen LogP contribution in [-0.2, 0) is 0 Å². The van der Waals surface area contributed by atoms with Crippen LogP contribution in [0.15, 0.2) is 38.1 Å². The van der Waals surface area contributed by atoms with Crippen LogP contribution in [-0.4, -0.2) is 34.9 Å². The van der Waals surface area contributed by atoms with Gasteiger partial charge in [-0.15, -0.1) is 0 Å². The van der Waals surface area contributed by atoms with Gasteiger partial charge in [-0.1, -0.05) is 0 Å². The van der Waals surface area contributed by atoms with E-state index in [0.29, 0.717) is 22.3 Å². The van der Waals surface area contributed by atoms with Gasteiger partial charge < -0.3 is 9.73 Å². The largest absolute Gasteiger partial charge is 0.463 e. The highest BCUT2D eigenvalue weighted by Crippen LogP contribution is 1.94. The third kappa shape index (κ3) is 6.90. The van der Waals surface area contributed by atoms with E-state index in [1.807, 2.05) is 0 Å². The highest BCUT2D eigenvalue weighted by molar-refractivity contribution is 7.80. The maximum atomic E-state index is 5.08. The van der Waals surface area contributed by atoms with Crippen LogP contribution < -0.4 is 21.6 Å². The quantitative estimate of drug-likeness (QED) is 0.360. The van der Waals surface area contributed by atoms with Crippen LogP contribution in [0.1, 0.15) is 19.6 Å². The van der Waals surface area contributed by atoms with E-state index in [4.69, 9.17) is 28.9 Å². The Morgan fingerprint density at radius 1 is 1.09 bits per heavy atom. The molecule has 1 heterocycles. The highest BCUT2D eigenvalue weighted by Gasteiger charge is 1.98. The summed E-state index contributed by atoms with van der Waals surface area (Å²) in [4.78, 5) is 0. The summed E-state index contributed by atoms with van der Waals surface area (Å²) in [7, 11) is 1.70. The fourth-order valence-corrected chi connectivity index (χ4v) is 1.18. The summed E-state index contributed by atoms with van der Waals surface area (Å²) in [5, 5.41) is 15.4. The molecule has 22 heavy (non-hydrogen) atoms. The zero-order valence-corrected chi connectivity index (χ0v) is 14.0. The van der Waals surface area contributed by atoms with E-state index in [1.54, 1.807) is 39.3 Å². The Hall–Kier alpha value is -2.33. The first-order valence-electron chi connectivity index (χ1n) is 6.22. The van der Waals surface area contributed by atoms with Crippen molar-refractivity contribution in [2.75, 3.05) is 7.05 Å². The van der Waals surface area contributed by atoms with Crippen LogP contribution in [0.3, 0.4) is 0 Å². The van der Waals surface area contributed by atoms with Crippen LogP contribution in [0.4, 0.5) is 0 Å². The molecule has 0 fully saturated rings. The molecule has 0 radical (unpaired) electrons. The zero-order chi connectivity index (χ0) is 16.4. The van der Waals surface area contributed by atoms with Crippen molar-refractivity contribution in [1.82, 2.24) is 21.6 Å². The molecule has 0 atom stereocenters. The number of nitrogens with zero attached hydrogens (tertiary/aromatic N) is 3. The minimum atomic E-state index is 0.244. The van der Waals surface area contributed by atoms with Crippen molar-refractivity contribution >= 4 is 52.3 Å². The van der Waals surface area contributed by atoms with Crippen molar-refractivity contribution in [1.29, 1.82) is 0 Å². The van der Waals surface area contributed by atoms with Crippen molar-refractivity contribution in [3.8, 4) is 0 Å². The van der Waals surface area contributed by atoms with Crippen LogP contribution in [0.25, 0.3) is 0 Å². The normalized spacial score (nSPS) is 12.1. The second kappa shape index (κ2) is 9.58. The van der Waals surface area contributed by atoms with Crippen molar-refractivity contribution in [2.24, 2.45) is 15.3 Å². The number of rotatable bonds is 5. The molecule has 0 unspecified atom stereocenters. The lowest BCUT2D eigenvalue weighted by molar-refractivity contribution is 0.560. The van der Waals surface area contributed by atoms with E-state index in [9.17, 15) is 0 Å². The highest BCUT2D eigenvalue weighted by atomic mass is 32.1. The van der Waals surface area contributed by atoms with Gasteiger partial charge in [-0.2, -0.15) is 15.3 Å². The summed E-state index contributed by atoms with van der Waals surface area (Å²) in [6, 6.07) is 3.54. The first-order valence-corrected chi connectivity index (χ1v) is 7.03. The molecule has 0 saturated carbocycles. The second-order valence-corrected chi connectivity index (χ2v) is 4.73. The van der Waals surface area contributed by atoms with Gasteiger partial charge in [0.25, 0.3) is 0 Å². The van der Waals surface area contributed by atoms with E-state index in [0.717, 1.165) is 0 Å². The molecule has 0 bridgehead atoms. The average molecular weight is 339 g/mol. The molecule has 8 nitrogen and oxygen atoms in total.